The Bertz CT molecular complexity index is 1070. The molecule has 0 bridgehead atoms. The van der Waals surface area contributed by atoms with Crippen LogP contribution in [0.5, 0.6) is 0 Å². The van der Waals surface area contributed by atoms with Gasteiger partial charge in [0.2, 0.25) is 5.91 Å². The molecule has 1 atom stereocenters. The van der Waals surface area contributed by atoms with E-state index in [2.05, 4.69) is 15.5 Å². The molecule has 0 aliphatic rings. The van der Waals surface area contributed by atoms with E-state index >= 15 is 0 Å². The first kappa shape index (κ1) is 18.3. The van der Waals surface area contributed by atoms with Crippen LogP contribution in [0.4, 0.5) is 0 Å². The molecule has 4 aromatic rings. The minimum absolute atomic E-state index is 0.0867. The molecule has 4 rings (SSSR count). The number of aryl methyl sites for hydroxylation is 1. The summed E-state index contributed by atoms with van der Waals surface area (Å²) in [4.78, 5) is 12.4. The van der Waals surface area contributed by atoms with Crippen LogP contribution in [0.2, 0.25) is 0 Å². The lowest BCUT2D eigenvalue weighted by atomic mass is 10.2. The van der Waals surface area contributed by atoms with Gasteiger partial charge in [0.25, 0.3) is 0 Å². The number of para-hydroxylation sites is 1. The molecule has 0 fully saturated rings. The summed E-state index contributed by atoms with van der Waals surface area (Å²) in [6.07, 6.45) is 1.65. The Morgan fingerprint density at radius 2 is 2.00 bits per heavy atom. The molecular weight excluding hydrogens is 372 g/mol. The highest BCUT2D eigenvalue weighted by Gasteiger charge is 2.16. The van der Waals surface area contributed by atoms with Crippen LogP contribution in [-0.2, 0) is 4.79 Å². The van der Waals surface area contributed by atoms with E-state index in [9.17, 15) is 4.79 Å². The number of furan rings is 1. The van der Waals surface area contributed by atoms with Crippen molar-refractivity contribution >= 4 is 28.6 Å². The molecule has 0 aliphatic heterocycles. The maximum absolute atomic E-state index is 12.4. The molecule has 1 unspecified atom stereocenters. The molecule has 0 saturated heterocycles. The zero-order valence-corrected chi connectivity index (χ0v) is 16.4. The molecule has 0 saturated carbocycles. The van der Waals surface area contributed by atoms with Gasteiger partial charge in [-0.15, -0.1) is 10.2 Å². The molecule has 28 heavy (non-hydrogen) atoms. The van der Waals surface area contributed by atoms with Gasteiger partial charge >= 0.3 is 0 Å². The highest BCUT2D eigenvalue weighted by molar-refractivity contribution is 7.99. The van der Waals surface area contributed by atoms with Gasteiger partial charge in [-0.25, -0.2) is 0 Å². The van der Waals surface area contributed by atoms with E-state index in [0.717, 1.165) is 22.4 Å². The summed E-state index contributed by atoms with van der Waals surface area (Å²) in [6.45, 7) is 3.95. The largest absolute Gasteiger partial charge is 0.459 e. The molecule has 2 aromatic heterocycles. The van der Waals surface area contributed by atoms with E-state index < -0.39 is 0 Å². The summed E-state index contributed by atoms with van der Waals surface area (Å²) in [5, 5.41) is 12.8. The maximum Gasteiger partial charge on any atom is 0.231 e. The van der Waals surface area contributed by atoms with Crippen molar-refractivity contribution in [3.63, 3.8) is 0 Å². The summed E-state index contributed by atoms with van der Waals surface area (Å²) in [6, 6.07) is 17.6. The van der Waals surface area contributed by atoms with Gasteiger partial charge in [0, 0.05) is 11.1 Å². The summed E-state index contributed by atoms with van der Waals surface area (Å²) < 4.78 is 7.69. The lowest BCUT2D eigenvalue weighted by Crippen LogP contribution is -2.28. The molecule has 2 heterocycles. The second kappa shape index (κ2) is 7.90. The number of hydrogen-bond acceptors (Lipinski definition) is 5. The molecule has 0 radical (unpaired) electrons. The highest BCUT2D eigenvalue weighted by atomic mass is 32.2. The molecule has 7 heteroatoms. The van der Waals surface area contributed by atoms with Crippen molar-refractivity contribution in [3.05, 3.63) is 72.2 Å². The number of hydrogen-bond donors (Lipinski definition) is 1. The molecule has 0 aliphatic carbocycles. The van der Waals surface area contributed by atoms with Gasteiger partial charge < -0.3 is 9.73 Å². The van der Waals surface area contributed by atoms with Crippen molar-refractivity contribution in [2.75, 3.05) is 5.75 Å². The van der Waals surface area contributed by atoms with E-state index in [4.69, 9.17) is 4.42 Å². The van der Waals surface area contributed by atoms with E-state index in [1.807, 2.05) is 73.0 Å². The van der Waals surface area contributed by atoms with Crippen molar-refractivity contribution in [1.82, 2.24) is 20.1 Å². The van der Waals surface area contributed by atoms with Crippen LogP contribution in [0, 0.1) is 6.92 Å². The van der Waals surface area contributed by atoms with E-state index in [1.54, 1.807) is 6.33 Å². The zero-order valence-electron chi connectivity index (χ0n) is 15.6. The third-order valence-electron chi connectivity index (χ3n) is 4.41. The summed E-state index contributed by atoms with van der Waals surface area (Å²) in [7, 11) is 0. The SMILES string of the molecule is Cc1ccc(-n2cnnc2SCC(=O)NC(C)c2cc3ccccc3o2)cc1. The molecule has 0 spiro atoms. The van der Waals surface area contributed by atoms with Crippen LogP contribution in [0.15, 0.2) is 70.5 Å². The predicted octanol–water partition coefficient (Wildman–Crippen LogP) is 4.29. The maximum atomic E-state index is 12.4. The van der Waals surface area contributed by atoms with Gasteiger partial charge in [-0.1, -0.05) is 47.7 Å². The first-order valence-corrected chi connectivity index (χ1v) is 9.96. The second-order valence-electron chi connectivity index (χ2n) is 6.58. The number of aromatic nitrogens is 3. The fraction of sp³-hybridized carbons (Fsp3) is 0.190. The number of fused-ring (bicyclic) bond motifs is 1. The number of amides is 1. The van der Waals surface area contributed by atoms with E-state index in [-0.39, 0.29) is 17.7 Å². The lowest BCUT2D eigenvalue weighted by Gasteiger charge is -2.11. The lowest BCUT2D eigenvalue weighted by molar-refractivity contribution is -0.119. The summed E-state index contributed by atoms with van der Waals surface area (Å²) in [5.74, 6) is 0.897. The Kier molecular flexibility index (Phi) is 5.16. The minimum atomic E-state index is -0.213. The third kappa shape index (κ3) is 3.94. The number of benzene rings is 2. The summed E-state index contributed by atoms with van der Waals surface area (Å²) >= 11 is 1.35. The molecule has 6 nitrogen and oxygen atoms in total. The molecule has 1 N–H and O–H groups in total. The third-order valence-corrected chi connectivity index (χ3v) is 5.35. The van der Waals surface area contributed by atoms with Crippen LogP contribution in [-0.4, -0.2) is 26.4 Å². The van der Waals surface area contributed by atoms with Gasteiger partial charge in [-0.05, 0) is 38.1 Å². The van der Waals surface area contributed by atoms with E-state index in [0.29, 0.717) is 5.16 Å². The molecule has 1 amide bonds. The van der Waals surface area contributed by atoms with Gasteiger partial charge in [-0.2, -0.15) is 0 Å². The van der Waals surface area contributed by atoms with Crippen LogP contribution < -0.4 is 5.32 Å². The van der Waals surface area contributed by atoms with Crippen LogP contribution in [0.1, 0.15) is 24.3 Å². The van der Waals surface area contributed by atoms with Crippen molar-refractivity contribution in [2.24, 2.45) is 0 Å². The normalized spacial score (nSPS) is 12.2. The van der Waals surface area contributed by atoms with Crippen LogP contribution in [0.25, 0.3) is 16.7 Å². The Balaban J connectivity index is 1.38. The first-order chi connectivity index (χ1) is 13.6. The smallest absolute Gasteiger partial charge is 0.231 e. The number of carbonyl (C=O) groups excluding carboxylic acids is 1. The van der Waals surface area contributed by atoms with Gasteiger partial charge in [-0.3, -0.25) is 9.36 Å². The number of nitrogens with one attached hydrogen (secondary N) is 1. The van der Waals surface area contributed by atoms with Crippen molar-refractivity contribution in [2.45, 2.75) is 25.0 Å². The van der Waals surface area contributed by atoms with Gasteiger partial charge in [0.15, 0.2) is 5.16 Å². The van der Waals surface area contributed by atoms with Gasteiger partial charge in [0.05, 0.1) is 11.8 Å². The Hall–Kier alpha value is -3.06. The molecular formula is C21H20N4O2S. The predicted molar refractivity (Wildman–Crippen MR) is 110 cm³/mol. The zero-order chi connectivity index (χ0) is 19.5. The fourth-order valence-electron chi connectivity index (χ4n) is 2.91. The second-order valence-corrected chi connectivity index (χ2v) is 7.53. The average molecular weight is 392 g/mol. The quantitative estimate of drug-likeness (QED) is 0.496. The van der Waals surface area contributed by atoms with Crippen LogP contribution in [0.3, 0.4) is 0 Å². The molecule has 142 valence electrons. The number of nitrogens with zero attached hydrogens (tertiary/aromatic N) is 3. The van der Waals surface area contributed by atoms with Crippen molar-refractivity contribution < 1.29 is 9.21 Å². The first-order valence-electron chi connectivity index (χ1n) is 8.98. The fourth-order valence-corrected chi connectivity index (χ4v) is 3.65. The number of carbonyl (C=O) groups is 1. The average Bonchev–Trinajstić information content (AvgIpc) is 3.34. The van der Waals surface area contributed by atoms with Crippen molar-refractivity contribution in [3.8, 4) is 5.69 Å². The Labute approximate surface area is 167 Å². The Morgan fingerprint density at radius 3 is 2.79 bits per heavy atom. The highest BCUT2D eigenvalue weighted by Crippen LogP contribution is 2.24. The molecule has 2 aromatic carbocycles. The Morgan fingerprint density at radius 1 is 1.21 bits per heavy atom. The number of thioether (sulfide) groups is 1. The number of rotatable bonds is 6. The topological polar surface area (TPSA) is 73.0 Å². The van der Waals surface area contributed by atoms with Gasteiger partial charge in [0.1, 0.15) is 17.7 Å². The van der Waals surface area contributed by atoms with E-state index in [1.165, 1.54) is 17.3 Å². The minimum Gasteiger partial charge on any atom is -0.459 e. The standard InChI is InChI=1S/C21H20N4O2S/c1-14-7-9-17(10-8-14)25-13-22-24-21(25)28-12-20(26)23-15(2)19-11-16-5-3-4-6-18(16)27-19/h3-11,13,15H,12H2,1-2H3,(H,23,26). The summed E-state index contributed by atoms with van der Waals surface area (Å²) in [5.41, 5.74) is 2.97. The monoisotopic (exact) mass is 392 g/mol. The van der Waals surface area contributed by atoms with Crippen LogP contribution >= 0.6 is 11.8 Å². The van der Waals surface area contributed by atoms with Crippen molar-refractivity contribution in [1.29, 1.82) is 0 Å².